The van der Waals surface area contributed by atoms with E-state index in [9.17, 15) is 22.8 Å². The predicted molar refractivity (Wildman–Crippen MR) is 114 cm³/mol. The Balaban J connectivity index is 2.00. The number of halogens is 3. The first-order chi connectivity index (χ1) is 14.5. The van der Waals surface area contributed by atoms with Crippen LogP contribution in [0.1, 0.15) is 63.3 Å². The summed E-state index contributed by atoms with van der Waals surface area (Å²) in [6.45, 7) is 7.59. The first-order valence-corrected chi connectivity index (χ1v) is 10.6. The van der Waals surface area contributed by atoms with Crippen molar-refractivity contribution in [2.45, 2.75) is 72.0 Å². The van der Waals surface area contributed by atoms with Gasteiger partial charge in [0.25, 0.3) is 0 Å². The van der Waals surface area contributed by atoms with Crippen molar-refractivity contribution in [1.29, 1.82) is 0 Å². The molecule has 0 saturated carbocycles. The topological polar surface area (TPSA) is 59.3 Å². The Bertz CT molecular complexity index is 882. The molecular formula is C24H30F3NO3. The van der Waals surface area contributed by atoms with Gasteiger partial charge in [-0.15, -0.1) is 0 Å². The predicted octanol–water partition coefficient (Wildman–Crippen LogP) is 6.11. The number of carbonyl (C=O) groups is 2. The molecule has 1 aromatic carbocycles. The number of Topliss-reactive ketones (excluding diaryl/α,β-unsaturated/α-hetero) is 1. The number of aryl methyl sites for hydroxylation is 2. The van der Waals surface area contributed by atoms with E-state index in [0.29, 0.717) is 29.9 Å². The lowest BCUT2D eigenvalue weighted by molar-refractivity contribution is -0.137. The molecule has 170 valence electrons. The standard InChI is InChI=1S/C24H30F3NO3/c1-5-6-7-20(29)23(15(2)3)28-22(30)13-10-18-14-21(31-16(18)4)17-8-11-19(12-9-17)24(25,26)27/h8-9,11-12,14-15,23H,5-7,10,13H2,1-4H3,(H,28,30). The van der Waals surface area contributed by atoms with Crippen molar-refractivity contribution in [1.82, 2.24) is 5.32 Å². The van der Waals surface area contributed by atoms with E-state index in [1.165, 1.54) is 12.1 Å². The van der Waals surface area contributed by atoms with Gasteiger partial charge in [0.05, 0.1) is 11.6 Å². The van der Waals surface area contributed by atoms with Gasteiger partial charge in [0, 0.05) is 18.4 Å². The van der Waals surface area contributed by atoms with Crippen LogP contribution in [0.25, 0.3) is 11.3 Å². The largest absolute Gasteiger partial charge is 0.461 e. The van der Waals surface area contributed by atoms with Crippen LogP contribution in [0.3, 0.4) is 0 Å². The van der Waals surface area contributed by atoms with E-state index in [1.54, 1.807) is 13.0 Å². The molecule has 1 atom stereocenters. The number of hydrogen-bond donors (Lipinski definition) is 1. The number of benzene rings is 1. The van der Waals surface area contributed by atoms with Crippen molar-refractivity contribution in [2.75, 3.05) is 0 Å². The maximum absolute atomic E-state index is 12.7. The van der Waals surface area contributed by atoms with Crippen molar-refractivity contribution in [3.63, 3.8) is 0 Å². The van der Waals surface area contributed by atoms with Gasteiger partial charge in [-0.25, -0.2) is 0 Å². The van der Waals surface area contributed by atoms with Crippen LogP contribution in [0, 0.1) is 12.8 Å². The molecule has 1 heterocycles. The van der Waals surface area contributed by atoms with Crippen LogP contribution in [0.15, 0.2) is 34.7 Å². The van der Waals surface area contributed by atoms with Crippen LogP contribution in [0.4, 0.5) is 13.2 Å². The quantitative estimate of drug-likeness (QED) is 0.488. The van der Waals surface area contributed by atoms with Crippen LogP contribution in [-0.2, 0) is 22.2 Å². The van der Waals surface area contributed by atoms with Crippen LogP contribution >= 0.6 is 0 Å². The van der Waals surface area contributed by atoms with E-state index >= 15 is 0 Å². The Morgan fingerprint density at radius 1 is 1.10 bits per heavy atom. The molecule has 4 nitrogen and oxygen atoms in total. The lowest BCUT2D eigenvalue weighted by atomic mass is 9.96. The third kappa shape index (κ3) is 6.97. The fourth-order valence-electron chi connectivity index (χ4n) is 3.35. The molecule has 0 aliphatic rings. The van der Waals surface area contributed by atoms with Gasteiger partial charge < -0.3 is 9.73 Å². The average molecular weight is 438 g/mol. The summed E-state index contributed by atoms with van der Waals surface area (Å²) in [5, 5.41) is 2.85. The number of carbonyl (C=O) groups excluding carboxylic acids is 2. The minimum absolute atomic E-state index is 0.00948. The number of ketones is 1. The third-order valence-electron chi connectivity index (χ3n) is 5.25. The minimum atomic E-state index is -4.39. The number of alkyl halides is 3. The molecule has 0 bridgehead atoms. The molecule has 31 heavy (non-hydrogen) atoms. The summed E-state index contributed by atoms with van der Waals surface area (Å²) in [6.07, 6.45) is -1.60. The smallest absolute Gasteiger partial charge is 0.416 e. The molecule has 0 saturated heterocycles. The summed E-state index contributed by atoms with van der Waals surface area (Å²) >= 11 is 0. The highest BCUT2D eigenvalue weighted by molar-refractivity contribution is 5.89. The Morgan fingerprint density at radius 2 is 1.74 bits per heavy atom. The molecule has 0 aliphatic heterocycles. The van der Waals surface area contributed by atoms with Gasteiger partial charge in [-0.2, -0.15) is 13.2 Å². The van der Waals surface area contributed by atoms with Crippen molar-refractivity contribution < 1.29 is 27.2 Å². The van der Waals surface area contributed by atoms with Crippen LogP contribution in [0.5, 0.6) is 0 Å². The van der Waals surface area contributed by atoms with Gasteiger partial charge >= 0.3 is 6.18 Å². The summed E-state index contributed by atoms with van der Waals surface area (Å²) in [6, 6.07) is 6.02. The van der Waals surface area contributed by atoms with Gasteiger partial charge in [-0.1, -0.05) is 39.3 Å². The second-order valence-corrected chi connectivity index (χ2v) is 8.13. The second kappa shape index (κ2) is 10.6. The van der Waals surface area contributed by atoms with Gasteiger partial charge in [0.1, 0.15) is 11.5 Å². The monoisotopic (exact) mass is 437 g/mol. The van der Waals surface area contributed by atoms with E-state index in [-0.39, 0.29) is 24.0 Å². The van der Waals surface area contributed by atoms with Crippen molar-refractivity contribution >= 4 is 11.7 Å². The molecule has 1 aromatic heterocycles. The molecule has 0 aliphatic carbocycles. The molecule has 2 rings (SSSR count). The zero-order valence-corrected chi connectivity index (χ0v) is 18.4. The van der Waals surface area contributed by atoms with E-state index in [1.807, 2.05) is 20.8 Å². The zero-order valence-electron chi connectivity index (χ0n) is 18.4. The molecule has 1 unspecified atom stereocenters. The van der Waals surface area contributed by atoms with Crippen molar-refractivity contribution in [3.8, 4) is 11.3 Å². The maximum atomic E-state index is 12.7. The van der Waals surface area contributed by atoms with Crippen LogP contribution in [-0.4, -0.2) is 17.7 Å². The Labute approximate surface area is 181 Å². The highest BCUT2D eigenvalue weighted by Gasteiger charge is 2.30. The van der Waals surface area contributed by atoms with Crippen LogP contribution in [0.2, 0.25) is 0 Å². The first kappa shape index (κ1) is 24.7. The number of furan rings is 1. The van der Waals surface area contributed by atoms with Gasteiger partial charge in [-0.05, 0) is 49.4 Å². The average Bonchev–Trinajstić information content (AvgIpc) is 3.08. The summed E-state index contributed by atoms with van der Waals surface area (Å²) in [7, 11) is 0. The van der Waals surface area contributed by atoms with Crippen molar-refractivity contribution in [3.05, 3.63) is 47.2 Å². The maximum Gasteiger partial charge on any atom is 0.416 e. The first-order valence-electron chi connectivity index (χ1n) is 10.6. The fourth-order valence-corrected chi connectivity index (χ4v) is 3.35. The lowest BCUT2D eigenvalue weighted by Gasteiger charge is -2.21. The number of amides is 1. The molecule has 1 amide bonds. The molecule has 0 fully saturated rings. The van der Waals surface area contributed by atoms with Gasteiger partial charge in [-0.3, -0.25) is 9.59 Å². The number of nitrogens with one attached hydrogen (secondary N) is 1. The summed E-state index contributed by atoms with van der Waals surface area (Å²) in [4.78, 5) is 24.8. The molecule has 7 heteroatoms. The third-order valence-corrected chi connectivity index (χ3v) is 5.25. The fraction of sp³-hybridized carbons (Fsp3) is 0.500. The van der Waals surface area contributed by atoms with E-state index < -0.39 is 17.8 Å². The summed E-state index contributed by atoms with van der Waals surface area (Å²) in [5.41, 5.74) is 0.626. The van der Waals surface area contributed by atoms with E-state index in [2.05, 4.69) is 5.32 Å². The molecule has 0 radical (unpaired) electrons. The Hall–Kier alpha value is -2.57. The SMILES string of the molecule is CCCCC(=O)C(NC(=O)CCc1cc(-c2ccc(C(F)(F)F)cc2)oc1C)C(C)C. The highest BCUT2D eigenvalue weighted by Crippen LogP contribution is 2.32. The Morgan fingerprint density at radius 3 is 2.29 bits per heavy atom. The van der Waals surface area contributed by atoms with Gasteiger partial charge in [0.2, 0.25) is 5.91 Å². The molecule has 1 N–H and O–H groups in total. The van der Waals surface area contributed by atoms with E-state index in [4.69, 9.17) is 4.42 Å². The second-order valence-electron chi connectivity index (χ2n) is 8.13. The highest BCUT2D eigenvalue weighted by atomic mass is 19.4. The molecule has 0 spiro atoms. The van der Waals surface area contributed by atoms with Crippen LogP contribution < -0.4 is 5.32 Å². The van der Waals surface area contributed by atoms with Gasteiger partial charge in [0.15, 0.2) is 5.78 Å². The molecule has 2 aromatic rings. The Kier molecular flexibility index (Phi) is 8.48. The number of hydrogen-bond acceptors (Lipinski definition) is 3. The summed E-state index contributed by atoms with van der Waals surface area (Å²) < 4.78 is 43.9. The number of unbranched alkanes of at least 4 members (excludes halogenated alkanes) is 1. The summed E-state index contributed by atoms with van der Waals surface area (Å²) in [5.74, 6) is 0.920. The van der Waals surface area contributed by atoms with E-state index in [0.717, 1.165) is 30.5 Å². The molecular weight excluding hydrogens is 407 g/mol. The van der Waals surface area contributed by atoms with Crippen molar-refractivity contribution in [2.24, 2.45) is 5.92 Å². The lowest BCUT2D eigenvalue weighted by Crippen LogP contribution is -2.44. The minimum Gasteiger partial charge on any atom is -0.461 e. The normalized spacial score (nSPS) is 12.8. The number of rotatable bonds is 10. The zero-order chi connectivity index (χ0) is 23.2.